The van der Waals surface area contributed by atoms with Crippen molar-refractivity contribution in [2.24, 2.45) is 5.92 Å². The number of fused-ring (bicyclic) bond motifs is 1. The van der Waals surface area contributed by atoms with Crippen molar-refractivity contribution in [1.29, 1.82) is 0 Å². The Morgan fingerprint density at radius 1 is 1.42 bits per heavy atom. The third-order valence-electron chi connectivity index (χ3n) is 3.30. The molecule has 0 amide bonds. The average molecular weight is 260 g/mol. The lowest BCUT2D eigenvalue weighted by molar-refractivity contribution is 0.290. The summed E-state index contributed by atoms with van der Waals surface area (Å²) in [6.07, 6.45) is 3.16. The van der Waals surface area contributed by atoms with Gasteiger partial charge in [-0.3, -0.25) is 0 Å². The molecule has 0 aromatic carbocycles. The highest BCUT2D eigenvalue weighted by Crippen LogP contribution is 2.31. The fraction of sp³-hybridized carbons (Fsp3) is 0.500. The van der Waals surface area contributed by atoms with Gasteiger partial charge < -0.3 is 9.15 Å². The molecule has 0 spiro atoms. The molecule has 19 heavy (non-hydrogen) atoms. The topological polar surface area (TPSA) is 65.2 Å². The Bertz CT molecular complexity index is 674. The molecule has 0 bridgehead atoms. The van der Waals surface area contributed by atoms with Gasteiger partial charge in [-0.25, -0.2) is 4.79 Å². The normalized spacial score (nSPS) is 14.8. The zero-order valence-corrected chi connectivity index (χ0v) is 11.1. The molecule has 1 aliphatic carbocycles. The van der Waals surface area contributed by atoms with Crippen LogP contribution >= 0.6 is 0 Å². The van der Waals surface area contributed by atoms with E-state index in [2.05, 4.69) is 9.97 Å². The summed E-state index contributed by atoms with van der Waals surface area (Å²) < 4.78 is 11.0. The molecule has 0 radical (unpaired) electrons. The fourth-order valence-electron chi connectivity index (χ4n) is 2.07. The van der Waals surface area contributed by atoms with Crippen LogP contribution in [0.3, 0.4) is 0 Å². The van der Waals surface area contributed by atoms with Gasteiger partial charge in [0, 0.05) is 6.07 Å². The van der Waals surface area contributed by atoms with E-state index >= 15 is 0 Å². The van der Waals surface area contributed by atoms with Crippen molar-refractivity contribution in [3.8, 4) is 5.88 Å². The molecule has 5 nitrogen and oxygen atoms in total. The minimum absolute atomic E-state index is 0.322. The van der Waals surface area contributed by atoms with Gasteiger partial charge in [-0.05, 0) is 37.7 Å². The summed E-state index contributed by atoms with van der Waals surface area (Å²) in [6.45, 7) is 4.43. The molecule has 2 heterocycles. The first-order valence-electron chi connectivity index (χ1n) is 6.61. The van der Waals surface area contributed by atoms with Crippen molar-refractivity contribution in [1.82, 2.24) is 9.97 Å². The van der Waals surface area contributed by atoms with Gasteiger partial charge in [0.25, 0.3) is 0 Å². The minimum atomic E-state index is -0.379. The maximum Gasteiger partial charge on any atom is 0.337 e. The SMILES string of the molecule is CCc1cc(=O)oc2nc(C)nc(OCC3CC3)c12. The Hall–Kier alpha value is -1.91. The van der Waals surface area contributed by atoms with E-state index in [4.69, 9.17) is 9.15 Å². The van der Waals surface area contributed by atoms with Crippen molar-refractivity contribution in [3.63, 3.8) is 0 Å². The van der Waals surface area contributed by atoms with Crippen molar-refractivity contribution < 1.29 is 9.15 Å². The van der Waals surface area contributed by atoms with Gasteiger partial charge in [-0.1, -0.05) is 6.92 Å². The molecule has 1 aliphatic rings. The lowest BCUT2D eigenvalue weighted by atomic mass is 10.1. The zero-order valence-electron chi connectivity index (χ0n) is 11.1. The van der Waals surface area contributed by atoms with Crippen molar-refractivity contribution >= 4 is 11.1 Å². The highest BCUT2D eigenvalue weighted by Gasteiger charge is 2.23. The summed E-state index contributed by atoms with van der Waals surface area (Å²) in [5.74, 6) is 1.73. The molecule has 5 heteroatoms. The van der Waals surface area contributed by atoms with E-state index in [9.17, 15) is 4.79 Å². The number of hydrogen-bond donors (Lipinski definition) is 0. The van der Waals surface area contributed by atoms with E-state index < -0.39 is 0 Å². The van der Waals surface area contributed by atoms with Gasteiger partial charge in [0.2, 0.25) is 11.6 Å². The molecular weight excluding hydrogens is 244 g/mol. The summed E-state index contributed by atoms with van der Waals surface area (Å²) in [6, 6.07) is 1.49. The van der Waals surface area contributed by atoms with Gasteiger partial charge >= 0.3 is 5.63 Å². The molecule has 0 unspecified atom stereocenters. The number of hydrogen-bond acceptors (Lipinski definition) is 5. The number of aryl methyl sites for hydroxylation is 2. The van der Waals surface area contributed by atoms with E-state index in [1.165, 1.54) is 18.9 Å². The van der Waals surface area contributed by atoms with E-state index in [1.54, 1.807) is 6.92 Å². The van der Waals surface area contributed by atoms with Crippen LogP contribution in [-0.2, 0) is 6.42 Å². The van der Waals surface area contributed by atoms with Crippen molar-refractivity contribution in [3.05, 3.63) is 27.9 Å². The molecule has 1 fully saturated rings. The van der Waals surface area contributed by atoms with E-state index in [0.29, 0.717) is 36.4 Å². The van der Waals surface area contributed by atoms with E-state index in [1.807, 2.05) is 6.92 Å². The molecule has 3 rings (SSSR count). The molecule has 2 aromatic heterocycles. The van der Waals surface area contributed by atoms with Gasteiger partial charge in [0.1, 0.15) is 11.2 Å². The fourth-order valence-corrected chi connectivity index (χ4v) is 2.07. The molecule has 2 aromatic rings. The quantitative estimate of drug-likeness (QED) is 0.843. The van der Waals surface area contributed by atoms with Gasteiger partial charge in [0.05, 0.1) is 6.61 Å². The predicted molar refractivity (Wildman–Crippen MR) is 70.4 cm³/mol. The second-order valence-corrected chi connectivity index (χ2v) is 4.95. The molecule has 0 aliphatic heterocycles. The average Bonchev–Trinajstić information content (AvgIpc) is 3.18. The summed E-state index contributed by atoms with van der Waals surface area (Å²) in [5, 5.41) is 0.730. The molecule has 0 N–H and O–H groups in total. The Balaban J connectivity index is 2.14. The minimum Gasteiger partial charge on any atom is -0.477 e. The maximum atomic E-state index is 11.5. The highest BCUT2D eigenvalue weighted by atomic mass is 16.5. The van der Waals surface area contributed by atoms with Crippen LogP contribution in [0.15, 0.2) is 15.3 Å². The van der Waals surface area contributed by atoms with Crippen LogP contribution < -0.4 is 10.4 Å². The molecule has 100 valence electrons. The number of nitrogens with zero attached hydrogens (tertiary/aromatic N) is 2. The first kappa shape index (κ1) is 12.1. The number of rotatable bonds is 4. The van der Waals surface area contributed by atoms with E-state index in [-0.39, 0.29) is 5.63 Å². The van der Waals surface area contributed by atoms with Crippen LogP contribution in [-0.4, -0.2) is 16.6 Å². The lowest BCUT2D eigenvalue weighted by Crippen LogP contribution is -2.07. The third-order valence-corrected chi connectivity index (χ3v) is 3.30. The van der Waals surface area contributed by atoms with Gasteiger partial charge in [0.15, 0.2) is 0 Å². The summed E-state index contributed by atoms with van der Waals surface area (Å²) in [5.41, 5.74) is 0.815. The Morgan fingerprint density at radius 3 is 2.89 bits per heavy atom. The van der Waals surface area contributed by atoms with Crippen LogP contribution in [0.25, 0.3) is 11.1 Å². The van der Waals surface area contributed by atoms with Crippen LogP contribution in [0.1, 0.15) is 31.2 Å². The number of ether oxygens (including phenoxy) is 1. The number of aromatic nitrogens is 2. The first-order chi connectivity index (χ1) is 9.17. The standard InChI is InChI=1S/C14H16N2O3/c1-3-10-6-11(17)19-14-12(10)13(15-8(2)16-14)18-7-9-4-5-9/h6,9H,3-5,7H2,1-2H3. The smallest absolute Gasteiger partial charge is 0.337 e. The van der Waals surface area contributed by atoms with Gasteiger partial charge in [-0.15, -0.1) is 0 Å². The van der Waals surface area contributed by atoms with Crippen LogP contribution in [0.4, 0.5) is 0 Å². The second kappa shape index (κ2) is 4.64. The van der Waals surface area contributed by atoms with Gasteiger partial charge in [-0.2, -0.15) is 9.97 Å². The third kappa shape index (κ3) is 2.45. The summed E-state index contributed by atoms with van der Waals surface area (Å²) >= 11 is 0. The zero-order chi connectivity index (χ0) is 13.4. The van der Waals surface area contributed by atoms with Crippen LogP contribution in [0.5, 0.6) is 5.88 Å². The molecular formula is C14H16N2O3. The largest absolute Gasteiger partial charge is 0.477 e. The molecule has 0 saturated heterocycles. The van der Waals surface area contributed by atoms with E-state index in [0.717, 1.165) is 10.9 Å². The summed E-state index contributed by atoms with van der Waals surface area (Å²) in [7, 11) is 0. The Morgan fingerprint density at radius 2 is 2.21 bits per heavy atom. The maximum absolute atomic E-state index is 11.5. The lowest BCUT2D eigenvalue weighted by Gasteiger charge is -2.10. The van der Waals surface area contributed by atoms with Crippen LogP contribution in [0, 0.1) is 12.8 Å². The summed E-state index contributed by atoms with van der Waals surface area (Å²) in [4.78, 5) is 20.0. The Labute approximate surface area is 110 Å². The van der Waals surface area contributed by atoms with Crippen molar-refractivity contribution in [2.75, 3.05) is 6.61 Å². The van der Waals surface area contributed by atoms with Crippen LogP contribution in [0.2, 0.25) is 0 Å². The van der Waals surface area contributed by atoms with Crippen molar-refractivity contribution in [2.45, 2.75) is 33.1 Å². The Kier molecular flexibility index (Phi) is 2.97. The molecule has 1 saturated carbocycles. The first-order valence-corrected chi connectivity index (χ1v) is 6.61. The second-order valence-electron chi connectivity index (χ2n) is 4.95. The predicted octanol–water partition coefficient (Wildman–Crippen LogP) is 2.24. The molecule has 0 atom stereocenters. The monoisotopic (exact) mass is 260 g/mol. The highest BCUT2D eigenvalue weighted by molar-refractivity contribution is 5.82.